The molecule has 200 valence electrons. The third kappa shape index (κ3) is 7.35. The molecule has 1 saturated heterocycles. The Hall–Kier alpha value is -3.37. The fourth-order valence-corrected chi connectivity index (χ4v) is 5.19. The first-order valence-electron chi connectivity index (χ1n) is 12.7. The number of carbonyl (C=O) groups excluding carboxylic acids is 3. The minimum Gasteiger partial charge on any atom is -0.462 e. The van der Waals surface area contributed by atoms with Gasteiger partial charge in [-0.3, -0.25) is 14.5 Å². The van der Waals surface area contributed by atoms with Crippen LogP contribution in [0.2, 0.25) is 0 Å². The molecule has 2 heterocycles. The van der Waals surface area contributed by atoms with Gasteiger partial charge >= 0.3 is 5.97 Å². The predicted molar refractivity (Wildman–Crippen MR) is 151 cm³/mol. The zero-order chi connectivity index (χ0) is 26.9. The molecule has 2 amide bonds. The number of hydrogen-bond donors (Lipinski definition) is 1. The highest BCUT2D eigenvalue weighted by Gasteiger charge is 2.31. The Balaban J connectivity index is 1.16. The lowest BCUT2D eigenvalue weighted by Crippen LogP contribution is -2.29. The molecule has 0 spiro atoms. The monoisotopic (exact) mass is 554 g/mol. The topological polar surface area (TPSA) is 94.2 Å². The number of thioether (sulfide) groups is 1. The van der Waals surface area contributed by atoms with E-state index < -0.39 is 0 Å². The summed E-state index contributed by atoms with van der Waals surface area (Å²) in [5.41, 5.74) is 1.94. The molecule has 1 fully saturated rings. The molecule has 10 heteroatoms. The van der Waals surface area contributed by atoms with Gasteiger partial charge in [-0.1, -0.05) is 49.8 Å². The van der Waals surface area contributed by atoms with Crippen molar-refractivity contribution in [1.82, 2.24) is 4.90 Å². The van der Waals surface area contributed by atoms with Crippen LogP contribution in [0.1, 0.15) is 61.4 Å². The molecule has 0 aliphatic carbocycles. The van der Waals surface area contributed by atoms with E-state index in [0.29, 0.717) is 58.0 Å². The number of rotatable bonds is 12. The minimum absolute atomic E-state index is 0.0967. The van der Waals surface area contributed by atoms with Crippen molar-refractivity contribution < 1.29 is 28.6 Å². The van der Waals surface area contributed by atoms with Gasteiger partial charge in [0.1, 0.15) is 4.32 Å². The summed E-state index contributed by atoms with van der Waals surface area (Å²) in [5.74, 6) is 0.800. The number of carbonyl (C=O) groups is 3. The van der Waals surface area contributed by atoms with E-state index in [1.165, 1.54) is 11.8 Å². The van der Waals surface area contributed by atoms with Gasteiger partial charge < -0.3 is 19.5 Å². The number of benzene rings is 2. The van der Waals surface area contributed by atoms with E-state index in [1.807, 2.05) is 31.2 Å². The van der Waals surface area contributed by atoms with Crippen LogP contribution in [-0.2, 0) is 14.3 Å². The zero-order valence-corrected chi connectivity index (χ0v) is 22.8. The van der Waals surface area contributed by atoms with Gasteiger partial charge in [-0.15, -0.1) is 0 Å². The van der Waals surface area contributed by atoms with Gasteiger partial charge in [0, 0.05) is 18.7 Å². The third-order valence-electron chi connectivity index (χ3n) is 5.99. The van der Waals surface area contributed by atoms with Gasteiger partial charge in [-0.2, -0.15) is 0 Å². The molecule has 2 aliphatic rings. The summed E-state index contributed by atoms with van der Waals surface area (Å²) in [4.78, 5) is 39.3. The molecule has 0 bridgehead atoms. The van der Waals surface area contributed by atoms with Crippen molar-refractivity contribution in [3.8, 4) is 11.5 Å². The Kier molecular flexibility index (Phi) is 9.78. The van der Waals surface area contributed by atoms with Crippen molar-refractivity contribution in [3.63, 3.8) is 0 Å². The Morgan fingerprint density at radius 2 is 1.87 bits per heavy atom. The summed E-state index contributed by atoms with van der Waals surface area (Å²) in [6.07, 6.45) is 6.19. The number of amides is 2. The first kappa shape index (κ1) is 27.7. The van der Waals surface area contributed by atoms with Crippen LogP contribution in [0.25, 0.3) is 6.08 Å². The zero-order valence-electron chi connectivity index (χ0n) is 21.2. The standard InChI is InChI=1S/C28H30N2O6S2/c1-2-3-15-34-27(33)20-9-11-21(12-10-20)29-25(31)7-5-4-6-14-30-26(32)24(38-28(30)37)17-19-8-13-22-23(16-19)36-18-35-22/h8-13,16-17H,2-7,14-15,18H2,1H3,(H,29,31)/b24-17-. The number of nitrogens with zero attached hydrogens (tertiary/aromatic N) is 1. The maximum absolute atomic E-state index is 12.9. The number of unbranched alkanes of at least 4 members (excludes halogenated alkanes) is 3. The van der Waals surface area contributed by atoms with E-state index in [9.17, 15) is 14.4 Å². The molecule has 38 heavy (non-hydrogen) atoms. The summed E-state index contributed by atoms with van der Waals surface area (Å²) in [5, 5.41) is 2.85. The molecular formula is C28H30N2O6S2. The highest BCUT2D eigenvalue weighted by molar-refractivity contribution is 8.26. The second-order valence-corrected chi connectivity index (χ2v) is 10.5. The van der Waals surface area contributed by atoms with E-state index in [2.05, 4.69) is 5.32 Å². The number of nitrogens with one attached hydrogen (secondary N) is 1. The lowest BCUT2D eigenvalue weighted by Gasteiger charge is -2.14. The highest BCUT2D eigenvalue weighted by atomic mass is 32.2. The molecule has 0 atom stereocenters. The molecule has 2 aliphatic heterocycles. The van der Waals surface area contributed by atoms with Crippen LogP contribution in [0.15, 0.2) is 47.4 Å². The van der Waals surface area contributed by atoms with Gasteiger partial charge in [0.25, 0.3) is 5.91 Å². The van der Waals surface area contributed by atoms with Crippen LogP contribution >= 0.6 is 24.0 Å². The molecule has 0 saturated carbocycles. The van der Waals surface area contributed by atoms with E-state index in [1.54, 1.807) is 29.2 Å². The summed E-state index contributed by atoms with van der Waals surface area (Å²) >= 11 is 6.71. The Morgan fingerprint density at radius 1 is 1.08 bits per heavy atom. The van der Waals surface area contributed by atoms with E-state index in [-0.39, 0.29) is 24.6 Å². The van der Waals surface area contributed by atoms with Crippen molar-refractivity contribution in [2.45, 2.75) is 45.4 Å². The van der Waals surface area contributed by atoms with Gasteiger partial charge in [-0.05, 0) is 67.3 Å². The van der Waals surface area contributed by atoms with Crippen molar-refractivity contribution in [1.29, 1.82) is 0 Å². The second-order valence-electron chi connectivity index (χ2n) is 8.87. The summed E-state index contributed by atoms with van der Waals surface area (Å²) in [7, 11) is 0. The van der Waals surface area contributed by atoms with Crippen LogP contribution in [0.4, 0.5) is 5.69 Å². The molecule has 4 rings (SSSR count). The van der Waals surface area contributed by atoms with E-state index >= 15 is 0 Å². The third-order valence-corrected chi connectivity index (χ3v) is 7.37. The first-order valence-corrected chi connectivity index (χ1v) is 13.9. The van der Waals surface area contributed by atoms with Crippen molar-refractivity contribution in [2.75, 3.05) is 25.3 Å². The van der Waals surface area contributed by atoms with Crippen molar-refractivity contribution in [3.05, 3.63) is 58.5 Å². The molecule has 8 nitrogen and oxygen atoms in total. The molecule has 0 unspecified atom stereocenters. The SMILES string of the molecule is CCCCOC(=O)c1ccc(NC(=O)CCCCCN2C(=O)/C(=C/c3ccc4c(c3)OCO4)SC2=S)cc1. The second kappa shape index (κ2) is 13.4. The summed E-state index contributed by atoms with van der Waals surface area (Å²) < 4.78 is 16.5. The highest BCUT2D eigenvalue weighted by Crippen LogP contribution is 2.36. The average molecular weight is 555 g/mol. The molecular weight excluding hydrogens is 524 g/mol. The largest absolute Gasteiger partial charge is 0.462 e. The fraction of sp³-hybridized carbons (Fsp3) is 0.357. The van der Waals surface area contributed by atoms with Crippen LogP contribution < -0.4 is 14.8 Å². The van der Waals surface area contributed by atoms with Crippen LogP contribution in [-0.4, -0.2) is 46.9 Å². The van der Waals surface area contributed by atoms with Crippen LogP contribution in [0, 0.1) is 0 Å². The fourth-order valence-electron chi connectivity index (χ4n) is 3.88. The predicted octanol–water partition coefficient (Wildman–Crippen LogP) is 5.77. The summed E-state index contributed by atoms with van der Waals surface area (Å²) in [6.45, 7) is 3.16. The molecule has 0 radical (unpaired) electrons. The number of ether oxygens (including phenoxy) is 3. The number of hydrogen-bond acceptors (Lipinski definition) is 8. The van der Waals surface area contributed by atoms with E-state index in [4.69, 9.17) is 26.4 Å². The maximum Gasteiger partial charge on any atom is 0.338 e. The maximum atomic E-state index is 12.9. The van der Waals surface area contributed by atoms with Crippen LogP contribution in [0.3, 0.4) is 0 Å². The Morgan fingerprint density at radius 3 is 2.66 bits per heavy atom. The van der Waals surface area contributed by atoms with Gasteiger partial charge in [-0.25, -0.2) is 4.79 Å². The van der Waals surface area contributed by atoms with Gasteiger partial charge in [0.05, 0.1) is 17.1 Å². The minimum atomic E-state index is -0.360. The summed E-state index contributed by atoms with van der Waals surface area (Å²) in [6, 6.07) is 12.2. The van der Waals surface area contributed by atoms with Crippen molar-refractivity contribution >= 4 is 57.8 Å². The average Bonchev–Trinajstić information content (AvgIpc) is 3.48. The number of anilines is 1. The lowest BCUT2D eigenvalue weighted by molar-refractivity contribution is -0.122. The normalized spacial score (nSPS) is 15.3. The quantitative estimate of drug-likeness (QED) is 0.153. The Bertz CT molecular complexity index is 1230. The lowest BCUT2D eigenvalue weighted by atomic mass is 10.1. The van der Waals surface area contributed by atoms with Gasteiger partial charge in [0.15, 0.2) is 11.5 Å². The number of esters is 1. The Labute approximate surface area is 231 Å². The van der Waals surface area contributed by atoms with E-state index in [0.717, 1.165) is 31.2 Å². The molecule has 0 aromatic heterocycles. The number of thiocarbonyl (C=S) groups is 1. The molecule has 1 N–H and O–H groups in total. The van der Waals surface area contributed by atoms with Gasteiger partial charge in [0.2, 0.25) is 12.7 Å². The molecule has 2 aromatic rings. The molecule has 2 aromatic carbocycles. The van der Waals surface area contributed by atoms with Crippen LogP contribution in [0.5, 0.6) is 11.5 Å². The first-order chi connectivity index (χ1) is 18.4. The number of fused-ring (bicyclic) bond motifs is 1. The van der Waals surface area contributed by atoms with Crippen molar-refractivity contribution in [2.24, 2.45) is 0 Å². The smallest absolute Gasteiger partial charge is 0.338 e.